The summed E-state index contributed by atoms with van der Waals surface area (Å²) in [5.74, 6) is 1.37. The maximum atomic E-state index is 5.84. The molecule has 0 aliphatic rings. The van der Waals surface area contributed by atoms with Crippen molar-refractivity contribution >= 4 is 15.9 Å². The molecule has 0 fully saturated rings. The number of nitrogens with zero attached hydrogens (tertiary/aromatic N) is 1. The highest BCUT2D eigenvalue weighted by Gasteiger charge is 2.13. The Morgan fingerprint density at radius 1 is 1.33 bits per heavy atom. The molecule has 1 heterocycles. The first-order valence-electron chi connectivity index (χ1n) is 6.75. The van der Waals surface area contributed by atoms with Gasteiger partial charge in [-0.3, -0.25) is 4.98 Å². The van der Waals surface area contributed by atoms with Gasteiger partial charge >= 0.3 is 0 Å². The van der Waals surface area contributed by atoms with Crippen LogP contribution < -0.4 is 15.2 Å². The monoisotopic (exact) mass is 350 g/mol. The van der Waals surface area contributed by atoms with E-state index in [1.807, 2.05) is 37.3 Å². The topological polar surface area (TPSA) is 57.4 Å². The Hall–Kier alpha value is -1.59. The zero-order valence-electron chi connectivity index (χ0n) is 12.2. The zero-order chi connectivity index (χ0) is 15.2. The van der Waals surface area contributed by atoms with Crippen molar-refractivity contribution in [2.45, 2.75) is 26.0 Å². The summed E-state index contributed by atoms with van der Waals surface area (Å²) in [5.41, 5.74) is 7.82. The fraction of sp³-hybridized carbons (Fsp3) is 0.312. The first-order valence-corrected chi connectivity index (χ1v) is 7.54. The molecule has 0 spiro atoms. The quantitative estimate of drug-likeness (QED) is 0.867. The molecule has 0 radical (unpaired) electrons. The van der Waals surface area contributed by atoms with Gasteiger partial charge in [0.2, 0.25) is 0 Å². The molecule has 5 heteroatoms. The summed E-state index contributed by atoms with van der Waals surface area (Å²) in [5, 5.41) is 0. The average Bonchev–Trinajstić information content (AvgIpc) is 2.46. The van der Waals surface area contributed by atoms with Crippen molar-refractivity contribution in [3.8, 4) is 11.5 Å². The van der Waals surface area contributed by atoms with Crippen LogP contribution in [0.25, 0.3) is 0 Å². The fourth-order valence-corrected chi connectivity index (χ4v) is 2.64. The van der Waals surface area contributed by atoms with Crippen LogP contribution in [0.5, 0.6) is 11.5 Å². The molecule has 0 aliphatic heterocycles. The molecule has 0 saturated carbocycles. The van der Waals surface area contributed by atoms with Crippen molar-refractivity contribution in [2.75, 3.05) is 7.11 Å². The Morgan fingerprint density at radius 2 is 2.14 bits per heavy atom. The van der Waals surface area contributed by atoms with Crippen LogP contribution >= 0.6 is 15.9 Å². The Labute approximate surface area is 133 Å². The molecule has 0 amide bonds. The number of aromatic nitrogens is 1. The van der Waals surface area contributed by atoms with Gasteiger partial charge < -0.3 is 15.2 Å². The molecule has 1 unspecified atom stereocenters. The summed E-state index contributed by atoms with van der Waals surface area (Å²) in [4.78, 5) is 4.24. The van der Waals surface area contributed by atoms with Crippen molar-refractivity contribution in [1.82, 2.24) is 4.98 Å². The third-order valence-electron chi connectivity index (χ3n) is 2.94. The first kappa shape index (κ1) is 15.8. The Kier molecular flexibility index (Phi) is 5.59. The number of nitrogens with two attached hydrogens (primary N) is 1. The van der Waals surface area contributed by atoms with Crippen molar-refractivity contribution in [2.24, 2.45) is 5.73 Å². The van der Waals surface area contributed by atoms with Crippen molar-refractivity contribution in [3.63, 3.8) is 0 Å². The molecule has 4 nitrogen and oxygen atoms in total. The van der Waals surface area contributed by atoms with Gasteiger partial charge in [0.1, 0.15) is 6.61 Å². The second-order valence-corrected chi connectivity index (χ2v) is 5.75. The Morgan fingerprint density at radius 3 is 2.76 bits per heavy atom. The lowest BCUT2D eigenvalue weighted by Gasteiger charge is -2.15. The number of halogens is 1. The summed E-state index contributed by atoms with van der Waals surface area (Å²) < 4.78 is 12.1. The number of pyridine rings is 1. The molecule has 21 heavy (non-hydrogen) atoms. The molecule has 0 saturated heterocycles. The van der Waals surface area contributed by atoms with Gasteiger partial charge in [-0.2, -0.15) is 0 Å². The van der Waals surface area contributed by atoms with Crippen molar-refractivity contribution in [3.05, 3.63) is 52.3 Å². The van der Waals surface area contributed by atoms with Gasteiger partial charge in [-0.25, -0.2) is 0 Å². The van der Waals surface area contributed by atoms with E-state index in [1.165, 1.54) is 0 Å². The Balaban J connectivity index is 2.18. The molecule has 0 bridgehead atoms. The van der Waals surface area contributed by atoms with E-state index in [-0.39, 0.29) is 6.04 Å². The summed E-state index contributed by atoms with van der Waals surface area (Å²) in [6, 6.07) is 9.81. The van der Waals surface area contributed by atoms with Crippen LogP contribution in [0.2, 0.25) is 0 Å². The van der Waals surface area contributed by atoms with Crippen LogP contribution in [-0.2, 0) is 13.0 Å². The smallest absolute Gasteiger partial charge is 0.175 e. The number of hydrogen-bond donors (Lipinski definition) is 1. The van der Waals surface area contributed by atoms with E-state index in [0.29, 0.717) is 18.1 Å². The van der Waals surface area contributed by atoms with Crippen LogP contribution in [-0.4, -0.2) is 18.1 Å². The SMILES string of the molecule is COc1cc(CC(C)N)cc(Br)c1OCc1ccccn1. The minimum absolute atomic E-state index is 0.0990. The molecule has 2 N–H and O–H groups in total. The van der Waals surface area contributed by atoms with E-state index in [2.05, 4.69) is 20.9 Å². The number of ether oxygens (including phenoxy) is 2. The van der Waals surface area contributed by atoms with Gasteiger partial charge in [-0.05, 0) is 59.1 Å². The van der Waals surface area contributed by atoms with Gasteiger partial charge in [0.25, 0.3) is 0 Å². The maximum absolute atomic E-state index is 5.84. The van der Waals surface area contributed by atoms with Gasteiger partial charge in [-0.15, -0.1) is 0 Å². The molecule has 1 atom stereocenters. The summed E-state index contributed by atoms with van der Waals surface area (Å²) in [7, 11) is 1.63. The molecule has 112 valence electrons. The second kappa shape index (κ2) is 7.43. The predicted molar refractivity (Wildman–Crippen MR) is 86.6 cm³/mol. The molecule has 0 aliphatic carbocycles. The second-order valence-electron chi connectivity index (χ2n) is 4.90. The summed E-state index contributed by atoms with van der Waals surface area (Å²) in [6.45, 7) is 2.37. The van der Waals surface area contributed by atoms with Crippen LogP contribution in [0, 0.1) is 0 Å². The van der Waals surface area contributed by atoms with Gasteiger partial charge in [-0.1, -0.05) is 6.07 Å². The van der Waals surface area contributed by atoms with E-state index in [4.69, 9.17) is 15.2 Å². The van der Waals surface area contributed by atoms with Gasteiger partial charge in [0.05, 0.1) is 17.3 Å². The van der Waals surface area contributed by atoms with E-state index in [1.54, 1.807) is 13.3 Å². The standard InChI is InChI=1S/C16H19BrN2O2/c1-11(18)7-12-8-14(17)16(15(9-12)20-2)21-10-13-5-3-4-6-19-13/h3-6,8-9,11H,7,10,18H2,1-2H3. The third-order valence-corrected chi connectivity index (χ3v) is 3.53. The van der Waals surface area contributed by atoms with E-state index < -0.39 is 0 Å². The van der Waals surface area contributed by atoms with Crippen LogP contribution in [0.4, 0.5) is 0 Å². The highest BCUT2D eigenvalue weighted by atomic mass is 79.9. The maximum Gasteiger partial charge on any atom is 0.175 e. The number of benzene rings is 1. The van der Waals surface area contributed by atoms with Crippen LogP contribution in [0.1, 0.15) is 18.2 Å². The normalized spacial score (nSPS) is 12.0. The minimum atomic E-state index is 0.0990. The highest BCUT2D eigenvalue weighted by molar-refractivity contribution is 9.10. The molecular formula is C16H19BrN2O2. The number of rotatable bonds is 6. The van der Waals surface area contributed by atoms with Gasteiger partial charge in [0.15, 0.2) is 11.5 Å². The van der Waals surface area contributed by atoms with Crippen molar-refractivity contribution < 1.29 is 9.47 Å². The predicted octanol–water partition coefficient (Wildman–Crippen LogP) is 3.32. The lowest BCUT2D eigenvalue weighted by atomic mass is 10.1. The first-order chi connectivity index (χ1) is 10.1. The van der Waals surface area contributed by atoms with E-state index in [0.717, 1.165) is 22.2 Å². The highest BCUT2D eigenvalue weighted by Crippen LogP contribution is 2.37. The summed E-state index contributed by atoms with van der Waals surface area (Å²) in [6.07, 6.45) is 2.53. The lowest BCUT2D eigenvalue weighted by molar-refractivity contribution is 0.278. The number of methoxy groups -OCH3 is 1. The fourth-order valence-electron chi connectivity index (χ4n) is 2.03. The largest absolute Gasteiger partial charge is 0.493 e. The number of hydrogen-bond acceptors (Lipinski definition) is 4. The van der Waals surface area contributed by atoms with E-state index in [9.17, 15) is 0 Å². The molecule has 2 aromatic rings. The average molecular weight is 351 g/mol. The Bertz CT molecular complexity index is 588. The minimum Gasteiger partial charge on any atom is -0.493 e. The third kappa shape index (κ3) is 4.44. The van der Waals surface area contributed by atoms with Crippen LogP contribution in [0.3, 0.4) is 0 Å². The molecule has 1 aromatic carbocycles. The summed E-state index contributed by atoms with van der Waals surface area (Å²) >= 11 is 3.54. The zero-order valence-corrected chi connectivity index (χ0v) is 13.8. The van der Waals surface area contributed by atoms with Crippen molar-refractivity contribution in [1.29, 1.82) is 0 Å². The molecule has 2 rings (SSSR count). The molecule has 1 aromatic heterocycles. The van der Waals surface area contributed by atoms with Gasteiger partial charge in [0, 0.05) is 12.2 Å². The lowest BCUT2D eigenvalue weighted by Crippen LogP contribution is -2.17. The molecular weight excluding hydrogens is 332 g/mol. The van der Waals surface area contributed by atoms with E-state index >= 15 is 0 Å². The van der Waals surface area contributed by atoms with Crippen LogP contribution in [0.15, 0.2) is 41.0 Å².